The molecule has 0 aliphatic carbocycles. The van der Waals surface area contributed by atoms with E-state index in [1.807, 2.05) is 34.1 Å². The largest absolute Gasteiger partial charge is 0.336 e. The van der Waals surface area contributed by atoms with Gasteiger partial charge in [0.1, 0.15) is 0 Å². The van der Waals surface area contributed by atoms with E-state index in [0.29, 0.717) is 23.2 Å². The fourth-order valence-electron chi connectivity index (χ4n) is 3.89. The molecule has 24 heavy (non-hydrogen) atoms. The Morgan fingerprint density at radius 1 is 0.750 bits per heavy atom. The second kappa shape index (κ2) is 7.37. The van der Waals surface area contributed by atoms with Gasteiger partial charge < -0.3 is 9.80 Å². The molecule has 2 saturated heterocycles. The highest BCUT2D eigenvalue weighted by molar-refractivity contribution is 5.98. The van der Waals surface area contributed by atoms with Crippen molar-refractivity contribution in [2.24, 2.45) is 0 Å². The Labute approximate surface area is 144 Å². The van der Waals surface area contributed by atoms with Crippen LogP contribution in [0.1, 0.15) is 73.1 Å². The SMILES string of the molecule is C[C@@H]1CCCCN1C(=O)c1ccc(C(=O)N2CCCC[C@@H]2C)cc1. The Hall–Kier alpha value is -1.84. The molecular formula is C20H28N2O2. The molecule has 2 amide bonds. The third-order valence-electron chi connectivity index (χ3n) is 5.51. The van der Waals surface area contributed by atoms with Gasteiger partial charge in [-0.2, -0.15) is 0 Å². The molecule has 2 fully saturated rings. The van der Waals surface area contributed by atoms with Crippen molar-refractivity contribution in [2.75, 3.05) is 13.1 Å². The summed E-state index contributed by atoms with van der Waals surface area (Å²) in [6.45, 7) is 5.91. The van der Waals surface area contributed by atoms with Crippen LogP contribution >= 0.6 is 0 Å². The number of hydrogen-bond acceptors (Lipinski definition) is 2. The molecule has 0 bridgehead atoms. The zero-order valence-corrected chi connectivity index (χ0v) is 14.8. The number of likely N-dealkylation sites (tertiary alicyclic amines) is 2. The highest BCUT2D eigenvalue weighted by Crippen LogP contribution is 2.21. The van der Waals surface area contributed by atoms with E-state index in [1.165, 1.54) is 12.8 Å². The first kappa shape index (κ1) is 17.0. The average molecular weight is 328 g/mol. The summed E-state index contributed by atoms with van der Waals surface area (Å²) in [4.78, 5) is 29.3. The van der Waals surface area contributed by atoms with Gasteiger partial charge in [0.15, 0.2) is 0 Å². The Morgan fingerprint density at radius 2 is 1.12 bits per heavy atom. The highest BCUT2D eigenvalue weighted by atomic mass is 16.2. The minimum Gasteiger partial charge on any atom is -0.336 e. The van der Waals surface area contributed by atoms with E-state index in [4.69, 9.17) is 0 Å². The summed E-state index contributed by atoms with van der Waals surface area (Å²) in [7, 11) is 0. The number of carbonyl (C=O) groups excluding carboxylic acids is 2. The molecule has 0 saturated carbocycles. The Kier molecular flexibility index (Phi) is 5.22. The number of hydrogen-bond donors (Lipinski definition) is 0. The van der Waals surface area contributed by atoms with E-state index in [2.05, 4.69) is 13.8 Å². The van der Waals surface area contributed by atoms with Gasteiger partial charge in [0, 0.05) is 36.3 Å². The van der Waals surface area contributed by atoms with Gasteiger partial charge in [-0.05, 0) is 76.6 Å². The summed E-state index contributed by atoms with van der Waals surface area (Å²) in [5.41, 5.74) is 1.37. The maximum Gasteiger partial charge on any atom is 0.254 e. The lowest BCUT2D eigenvalue weighted by Gasteiger charge is -2.34. The first-order valence-electron chi connectivity index (χ1n) is 9.30. The van der Waals surface area contributed by atoms with Crippen molar-refractivity contribution in [1.82, 2.24) is 9.80 Å². The summed E-state index contributed by atoms with van der Waals surface area (Å²) in [5, 5.41) is 0. The maximum atomic E-state index is 12.7. The summed E-state index contributed by atoms with van der Waals surface area (Å²) in [5.74, 6) is 0.181. The van der Waals surface area contributed by atoms with Crippen molar-refractivity contribution >= 4 is 11.8 Å². The monoisotopic (exact) mass is 328 g/mol. The van der Waals surface area contributed by atoms with Crippen molar-refractivity contribution in [1.29, 1.82) is 0 Å². The zero-order chi connectivity index (χ0) is 17.1. The Balaban J connectivity index is 1.70. The van der Waals surface area contributed by atoms with Crippen LogP contribution < -0.4 is 0 Å². The second-order valence-corrected chi connectivity index (χ2v) is 7.26. The molecule has 130 valence electrons. The second-order valence-electron chi connectivity index (χ2n) is 7.26. The maximum absolute atomic E-state index is 12.7. The van der Waals surface area contributed by atoms with Crippen LogP contribution in [0.15, 0.2) is 24.3 Å². The van der Waals surface area contributed by atoms with Crippen LogP contribution in [-0.4, -0.2) is 46.8 Å². The minimum absolute atomic E-state index is 0.0903. The van der Waals surface area contributed by atoms with Gasteiger partial charge in [0.2, 0.25) is 0 Å². The Bertz CT molecular complexity index is 543. The van der Waals surface area contributed by atoms with Crippen LogP contribution in [0.3, 0.4) is 0 Å². The molecule has 2 atom stereocenters. The molecule has 2 aliphatic heterocycles. The first-order chi connectivity index (χ1) is 11.6. The van der Waals surface area contributed by atoms with Crippen molar-refractivity contribution in [3.8, 4) is 0 Å². The van der Waals surface area contributed by atoms with Gasteiger partial charge in [-0.15, -0.1) is 0 Å². The number of piperidine rings is 2. The average Bonchev–Trinajstić information content (AvgIpc) is 2.61. The van der Waals surface area contributed by atoms with Crippen LogP contribution in [0.4, 0.5) is 0 Å². The highest BCUT2D eigenvalue weighted by Gasteiger charge is 2.26. The summed E-state index contributed by atoms with van der Waals surface area (Å²) < 4.78 is 0. The lowest BCUT2D eigenvalue weighted by molar-refractivity contribution is 0.0623. The summed E-state index contributed by atoms with van der Waals surface area (Å²) in [6, 6.07) is 7.86. The molecule has 0 N–H and O–H groups in total. The fourth-order valence-corrected chi connectivity index (χ4v) is 3.89. The van der Waals surface area contributed by atoms with Crippen molar-refractivity contribution in [3.05, 3.63) is 35.4 Å². The molecule has 3 rings (SSSR count). The number of nitrogens with zero attached hydrogens (tertiary/aromatic N) is 2. The van der Waals surface area contributed by atoms with Gasteiger partial charge in [-0.1, -0.05) is 0 Å². The third kappa shape index (κ3) is 3.47. The van der Waals surface area contributed by atoms with E-state index in [0.717, 1.165) is 38.8 Å². The lowest BCUT2D eigenvalue weighted by Crippen LogP contribution is -2.42. The van der Waals surface area contributed by atoms with Crippen LogP contribution in [0, 0.1) is 0 Å². The molecule has 0 unspecified atom stereocenters. The summed E-state index contributed by atoms with van der Waals surface area (Å²) >= 11 is 0. The van der Waals surface area contributed by atoms with E-state index < -0.39 is 0 Å². The standard InChI is InChI=1S/C20H28N2O2/c1-15-7-3-5-13-21(15)19(23)17-9-11-18(12-10-17)20(24)22-14-6-4-8-16(22)2/h9-12,15-16H,3-8,13-14H2,1-2H3/t15-,16+. The minimum atomic E-state index is 0.0903. The topological polar surface area (TPSA) is 40.6 Å². The van der Waals surface area contributed by atoms with E-state index >= 15 is 0 Å². The number of amides is 2. The number of benzene rings is 1. The van der Waals surface area contributed by atoms with E-state index in [1.54, 1.807) is 0 Å². The molecule has 0 radical (unpaired) electrons. The van der Waals surface area contributed by atoms with Crippen molar-refractivity contribution < 1.29 is 9.59 Å². The fraction of sp³-hybridized carbons (Fsp3) is 0.600. The normalized spacial score (nSPS) is 24.8. The zero-order valence-electron chi connectivity index (χ0n) is 14.8. The molecule has 4 heteroatoms. The van der Waals surface area contributed by atoms with Crippen molar-refractivity contribution in [3.63, 3.8) is 0 Å². The van der Waals surface area contributed by atoms with Gasteiger partial charge in [-0.3, -0.25) is 9.59 Å². The molecular weight excluding hydrogens is 300 g/mol. The molecule has 0 aromatic heterocycles. The van der Waals surface area contributed by atoms with Crippen LogP contribution in [0.5, 0.6) is 0 Å². The van der Waals surface area contributed by atoms with Gasteiger partial charge in [-0.25, -0.2) is 0 Å². The molecule has 2 heterocycles. The molecule has 4 nitrogen and oxygen atoms in total. The number of carbonyl (C=O) groups is 2. The first-order valence-corrected chi connectivity index (χ1v) is 9.30. The lowest BCUT2D eigenvalue weighted by atomic mass is 10.0. The van der Waals surface area contributed by atoms with Crippen molar-refractivity contribution in [2.45, 2.75) is 64.5 Å². The quantitative estimate of drug-likeness (QED) is 0.830. The van der Waals surface area contributed by atoms with Crippen LogP contribution in [0.25, 0.3) is 0 Å². The van der Waals surface area contributed by atoms with Crippen LogP contribution in [0.2, 0.25) is 0 Å². The molecule has 1 aromatic rings. The molecule has 1 aromatic carbocycles. The van der Waals surface area contributed by atoms with Gasteiger partial charge >= 0.3 is 0 Å². The molecule has 0 spiro atoms. The van der Waals surface area contributed by atoms with E-state index in [-0.39, 0.29) is 11.8 Å². The van der Waals surface area contributed by atoms with Crippen LogP contribution in [-0.2, 0) is 0 Å². The summed E-state index contributed by atoms with van der Waals surface area (Å²) in [6.07, 6.45) is 6.72. The van der Waals surface area contributed by atoms with Gasteiger partial charge in [0.05, 0.1) is 0 Å². The molecule has 2 aliphatic rings. The van der Waals surface area contributed by atoms with E-state index in [9.17, 15) is 9.59 Å². The predicted molar refractivity (Wildman–Crippen MR) is 95.1 cm³/mol. The smallest absolute Gasteiger partial charge is 0.254 e. The Morgan fingerprint density at radius 3 is 1.46 bits per heavy atom. The predicted octanol–water partition coefficient (Wildman–Crippen LogP) is 3.72. The van der Waals surface area contributed by atoms with Gasteiger partial charge in [0.25, 0.3) is 11.8 Å². The number of rotatable bonds is 2. The third-order valence-corrected chi connectivity index (χ3v) is 5.51.